The van der Waals surface area contributed by atoms with Crippen molar-refractivity contribution >= 4 is 22.4 Å². The SMILES string of the molecule is Cc1ccnc(N2CCN(c3nnc(C)s3)CC2)n1. The standard InChI is InChI=1S/C12H16N6S/c1-9-3-4-13-11(14-9)17-5-7-18(8-6-17)12-16-15-10(2)19-12/h3-4H,5-8H2,1-2H3. The van der Waals surface area contributed by atoms with E-state index in [0.717, 1.165) is 48.0 Å². The molecule has 1 fully saturated rings. The molecule has 1 aliphatic heterocycles. The van der Waals surface area contributed by atoms with Gasteiger partial charge in [0.1, 0.15) is 5.01 Å². The van der Waals surface area contributed by atoms with Gasteiger partial charge in [-0.05, 0) is 19.9 Å². The molecule has 2 aromatic heterocycles. The molecule has 0 bridgehead atoms. The Hall–Kier alpha value is -1.76. The maximum absolute atomic E-state index is 4.47. The summed E-state index contributed by atoms with van der Waals surface area (Å²) in [6.45, 7) is 7.69. The van der Waals surface area contributed by atoms with E-state index in [-0.39, 0.29) is 0 Å². The van der Waals surface area contributed by atoms with Crippen LogP contribution in [0.3, 0.4) is 0 Å². The molecule has 3 rings (SSSR count). The fraction of sp³-hybridized carbons (Fsp3) is 0.500. The summed E-state index contributed by atoms with van der Waals surface area (Å²) in [5.41, 5.74) is 1.01. The summed E-state index contributed by atoms with van der Waals surface area (Å²) in [4.78, 5) is 13.3. The number of hydrogen-bond donors (Lipinski definition) is 0. The van der Waals surface area contributed by atoms with Crippen molar-refractivity contribution in [2.75, 3.05) is 36.0 Å². The van der Waals surface area contributed by atoms with Gasteiger partial charge >= 0.3 is 0 Å². The minimum atomic E-state index is 0.827. The zero-order chi connectivity index (χ0) is 13.2. The molecule has 0 aromatic carbocycles. The topological polar surface area (TPSA) is 58.0 Å². The van der Waals surface area contributed by atoms with Crippen LogP contribution in [0, 0.1) is 13.8 Å². The van der Waals surface area contributed by atoms with Gasteiger partial charge in [-0.25, -0.2) is 9.97 Å². The molecule has 1 aliphatic rings. The molecule has 0 unspecified atom stereocenters. The Morgan fingerprint density at radius 1 is 1.05 bits per heavy atom. The molecular formula is C12H16N6S. The van der Waals surface area contributed by atoms with Crippen LogP contribution in [-0.2, 0) is 0 Å². The Morgan fingerprint density at radius 3 is 2.42 bits per heavy atom. The normalized spacial score (nSPS) is 15.9. The zero-order valence-electron chi connectivity index (χ0n) is 11.1. The number of hydrogen-bond acceptors (Lipinski definition) is 7. The van der Waals surface area contributed by atoms with Crippen molar-refractivity contribution in [3.63, 3.8) is 0 Å². The number of aromatic nitrogens is 4. The Balaban J connectivity index is 1.66. The lowest BCUT2D eigenvalue weighted by Crippen LogP contribution is -2.47. The highest BCUT2D eigenvalue weighted by Gasteiger charge is 2.21. The van der Waals surface area contributed by atoms with Crippen LogP contribution in [0.4, 0.5) is 11.1 Å². The molecule has 0 saturated carbocycles. The van der Waals surface area contributed by atoms with Gasteiger partial charge in [-0.1, -0.05) is 11.3 Å². The van der Waals surface area contributed by atoms with E-state index in [4.69, 9.17) is 0 Å². The van der Waals surface area contributed by atoms with Crippen molar-refractivity contribution < 1.29 is 0 Å². The van der Waals surface area contributed by atoms with Gasteiger partial charge in [0.2, 0.25) is 11.1 Å². The van der Waals surface area contributed by atoms with Crippen LogP contribution in [0.25, 0.3) is 0 Å². The highest BCUT2D eigenvalue weighted by atomic mass is 32.1. The minimum Gasteiger partial charge on any atom is -0.343 e. The molecule has 7 heteroatoms. The highest BCUT2D eigenvalue weighted by Crippen LogP contribution is 2.21. The van der Waals surface area contributed by atoms with Gasteiger partial charge < -0.3 is 9.80 Å². The van der Waals surface area contributed by atoms with Crippen molar-refractivity contribution in [2.45, 2.75) is 13.8 Å². The van der Waals surface area contributed by atoms with Gasteiger partial charge in [0.15, 0.2) is 0 Å². The van der Waals surface area contributed by atoms with E-state index in [9.17, 15) is 0 Å². The third kappa shape index (κ3) is 2.65. The van der Waals surface area contributed by atoms with E-state index >= 15 is 0 Å². The molecule has 0 amide bonds. The second-order valence-corrected chi connectivity index (χ2v) is 5.74. The average Bonchev–Trinajstić information content (AvgIpc) is 2.86. The van der Waals surface area contributed by atoms with Crippen LogP contribution < -0.4 is 9.80 Å². The molecule has 0 spiro atoms. The monoisotopic (exact) mass is 276 g/mol. The van der Waals surface area contributed by atoms with Crippen LogP contribution in [0.15, 0.2) is 12.3 Å². The van der Waals surface area contributed by atoms with Crippen molar-refractivity contribution in [1.82, 2.24) is 20.2 Å². The first kappa shape index (κ1) is 12.3. The second kappa shape index (κ2) is 5.08. The Morgan fingerprint density at radius 2 is 1.79 bits per heavy atom. The number of piperazine rings is 1. The van der Waals surface area contributed by atoms with E-state index in [1.54, 1.807) is 11.3 Å². The Labute approximate surface area is 116 Å². The third-order valence-electron chi connectivity index (χ3n) is 3.13. The predicted molar refractivity (Wildman–Crippen MR) is 75.8 cm³/mol. The summed E-state index contributed by atoms with van der Waals surface area (Å²) in [6.07, 6.45) is 1.82. The first-order valence-corrected chi connectivity index (χ1v) is 7.14. The molecule has 19 heavy (non-hydrogen) atoms. The number of aryl methyl sites for hydroxylation is 2. The van der Waals surface area contributed by atoms with Gasteiger partial charge in [-0.2, -0.15) is 0 Å². The van der Waals surface area contributed by atoms with Crippen LogP contribution in [-0.4, -0.2) is 46.3 Å². The maximum Gasteiger partial charge on any atom is 0.225 e. The van der Waals surface area contributed by atoms with E-state index in [1.807, 2.05) is 26.1 Å². The maximum atomic E-state index is 4.47. The quantitative estimate of drug-likeness (QED) is 0.823. The lowest BCUT2D eigenvalue weighted by molar-refractivity contribution is 0.635. The summed E-state index contributed by atoms with van der Waals surface area (Å²) < 4.78 is 0. The summed E-state index contributed by atoms with van der Waals surface area (Å²) in [6, 6.07) is 1.92. The van der Waals surface area contributed by atoms with E-state index in [2.05, 4.69) is 30.0 Å². The molecule has 0 atom stereocenters. The third-order valence-corrected chi connectivity index (χ3v) is 4.03. The second-order valence-electron chi connectivity index (χ2n) is 4.58. The number of nitrogens with zero attached hydrogens (tertiary/aromatic N) is 6. The first-order chi connectivity index (χ1) is 9.22. The van der Waals surface area contributed by atoms with E-state index in [1.165, 1.54) is 0 Å². The Bertz CT molecular complexity index is 561. The summed E-state index contributed by atoms with van der Waals surface area (Å²) in [5.74, 6) is 0.827. The summed E-state index contributed by atoms with van der Waals surface area (Å²) in [7, 11) is 0. The average molecular weight is 276 g/mol. The van der Waals surface area contributed by atoms with Crippen LogP contribution in [0.2, 0.25) is 0 Å². The first-order valence-electron chi connectivity index (χ1n) is 6.32. The fourth-order valence-electron chi connectivity index (χ4n) is 2.10. The molecule has 3 heterocycles. The van der Waals surface area contributed by atoms with Crippen molar-refractivity contribution in [1.29, 1.82) is 0 Å². The summed E-state index contributed by atoms with van der Waals surface area (Å²) >= 11 is 1.65. The van der Waals surface area contributed by atoms with Gasteiger partial charge in [0, 0.05) is 38.1 Å². The van der Waals surface area contributed by atoms with Gasteiger partial charge in [0.05, 0.1) is 0 Å². The van der Waals surface area contributed by atoms with Crippen molar-refractivity contribution in [2.24, 2.45) is 0 Å². The van der Waals surface area contributed by atoms with Gasteiger partial charge in [-0.3, -0.25) is 0 Å². The molecule has 2 aromatic rings. The molecule has 0 radical (unpaired) electrons. The minimum absolute atomic E-state index is 0.827. The van der Waals surface area contributed by atoms with Crippen molar-refractivity contribution in [3.8, 4) is 0 Å². The van der Waals surface area contributed by atoms with Gasteiger partial charge in [0.25, 0.3) is 0 Å². The Kier molecular flexibility index (Phi) is 3.29. The van der Waals surface area contributed by atoms with Crippen LogP contribution >= 0.6 is 11.3 Å². The summed E-state index contributed by atoms with van der Waals surface area (Å²) in [5, 5.41) is 10.3. The van der Waals surface area contributed by atoms with Gasteiger partial charge in [-0.15, -0.1) is 10.2 Å². The largest absolute Gasteiger partial charge is 0.343 e. The number of rotatable bonds is 2. The van der Waals surface area contributed by atoms with E-state index < -0.39 is 0 Å². The van der Waals surface area contributed by atoms with E-state index in [0.29, 0.717) is 0 Å². The number of anilines is 2. The molecule has 1 saturated heterocycles. The molecule has 0 N–H and O–H groups in total. The molecule has 0 aliphatic carbocycles. The zero-order valence-corrected chi connectivity index (χ0v) is 11.9. The van der Waals surface area contributed by atoms with Crippen molar-refractivity contribution in [3.05, 3.63) is 23.0 Å². The highest BCUT2D eigenvalue weighted by molar-refractivity contribution is 7.15. The predicted octanol–water partition coefficient (Wildman–Crippen LogP) is 1.27. The molecule has 100 valence electrons. The fourth-order valence-corrected chi connectivity index (χ4v) is 2.84. The van der Waals surface area contributed by atoms with Crippen LogP contribution in [0.5, 0.6) is 0 Å². The molecular weight excluding hydrogens is 260 g/mol. The molecule has 6 nitrogen and oxygen atoms in total. The lowest BCUT2D eigenvalue weighted by atomic mass is 10.3. The lowest BCUT2D eigenvalue weighted by Gasteiger charge is -2.34. The van der Waals surface area contributed by atoms with Crippen LogP contribution in [0.1, 0.15) is 10.7 Å². The smallest absolute Gasteiger partial charge is 0.225 e.